The smallest absolute Gasteiger partial charge is 0.291 e. The van der Waals surface area contributed by atoms with E-state index in [0.717, 1.165) is 54.7 Å². The Kier molecular flexibility index (Phi) is 4.91. The highest BCUT2D eigenvalue weighted by Crippen LogP contribution is 2.51. The number of halogens is 1. The summed E-state index contributed by atoms with van der Waals surface area (Å²) in [5.41, 5.74) is 1.27. The van der Waals surface area contributed by atoms with Gasteiger partial charge in [-0.15, -0.1) is 0 Å². The van der Waals surface area contributed by atoms with E-state index in [2.05, 4.69) is 5.32 Å². The number of thioether (sulfide) groups is 1. The van der Waals surface area contributed by atoms with E-state index in [1.807, 2.05) is 30.6 Å². The Morgan fingerprint density at radius 1 is 1.23 bits per heavy atom. The van der Waals surface area contributed by atoms with Crippen molar-refractivity contribution in [3.63, 3.8) is 0 Å². The molecule has 0 radical (unpaired) electrons. The first kappa shape index (κ1) is 20.3. The minimum Gasteiger partial charge on any atom is -0.326 e. The van der Waals surface area contributed by atoms with Gasteiger partial charge < -0.3 is 10.6 Å². The van der Waals surface area contributed by atoms with Crippen molar-refractivity contribution >= 4 is 46.8 Å². The average Bonchev–Trinajstić information content (AvgIpc) is 3.44. The van der Waals surface area contributed by atoms with Gasteiger partial charge in [0.05, 0.1) is 5.69 Å². The van der Waals surface area contributed by atoms with Gasteiger partial charge in [-0.25, -0.2) is 0 Å². The maximum Gasteiger partial charge on any atom is 0.291 e. The predicted molar refractivity (Wildman–Crippen MR) is 116 cm³/mol. The second-order valence-corrected chi connectivity index (χ2v) is 10.5. The maximum absolute atomic E-state index is 13.8. The molecule has 4 atom stereocenters. The molecule has 5 rings (SSSR count). The molecule has 3 fully saturated rings. The van der Waals surface area contributed by atoms with Crippen LogP contribution in [-0.4, -0.2) is 46.7 Å². The Hall–Kier alpha value is -1.57. The lowest BCUT2D eigenvalue weighted by Gasteiger charge is -2.29. The highest BCUT2D eigenvalue weighted by Gasteiger charge is 2.74. The molecule has 3 amide bonds. The Balaban J connectivity index is 1.65. The number of hydrogen-bond donors (Lipinski definition) is 2. The van der Waals surface area contributed by atoms with Crippen LogP contribution < -0.4 is 10.6 Å². The molecule has 8 heteroatoms. The lowest BCUT2D eigenvalue weighted by Crippen LogP contribution is -2.99. The largest absolute Gasteiger partial charge is 0.326 e. The molecule has 1 saturated carbocycles. The van der Waals surface area contributed by atoms with Gasteiger partial charge in [-0.05, 0) is 49.5 Å². The van der Waals surface area contributed by atoms with Crippen molar-refractivity contribution in [1.29, 1.82) is 0 Å². The Labute approximate surface area is 185 Å². The van der Waals surface area contributed by atoms with Crippen LogP contribution in [0, 0.1) is 18.8 Å². The van der Waals surface area contributed by atoms with Crippen LogP contribution >= 0.6 is 23.4 Å². The zero-order valence-corrected chi connectivity index (χ0v) is 18.8. The van der Waals surface area contributed by atoms with Gasteiger partial charge in [0, 0.05) is 23.0 Å². The average molecular weight is 449 g/mol. The van der Waals surface area contributed by atoms with E-state index in [9.17, 15) is 14.4 Å². The van der Waals surface area contributed by atoms with Crippen molar-refractivity contribution in [3.05, 3.63) is 28.3 Å². The van der Waals surface area contributed by atoms with E-state index >= 15 is 0 Å². The van der Waals surface area contributed by atoms with Crippen molar-refractivity contribution in [2.45, 2.75) is 56.7 Å². The van der Waals surface area contributed by atoms with Gasteiger partial charge in [-0.3, -0.25) is 19.3 Å². The van der Waals surface area contributed by atoms with Crippen LogP contribution in [-0.2, 0) is 19.9 Å². The van der Waals surface area contributed by atoms with Crippen LogP contribution in [0.1, 0.15) is 43.2 Å². The Morgan fingerprint density at radius 3 is 2.67 bits per heavy atom. The number of fused-ring (bicyclic) bond motifs is 4. The number of carbonyl (C=O) groups excluding carboxylic acids is 3. The monoisotopic (exact) mass is 448 g/mol. The van der Waals surface area contributed by atoms with E-state index < -0.39 is 17.4 Å². The van der Waals surface area contributed by atoms with E-state index in [1.54, 1.807) is 11.8 Å². The first-order valence-corrected chi connectivity index (χ1v) is 12.5. The molecule has 4 aliphatic rings. The van der Waals surface area contributed by atoms with Crippen molar-refractivity contribution in [3.8, 4) is 0 Å². The first-order chi connectivity index (χ1) is 14.4. The standard InChI is InChI=1S/C22H26ClN3O3S/c1-11-9-12(23)10-14-18(11)24-21(29)22(14)17-16(15(25-22)7-8-30-2)19(27)26(20(17)28)13-5-3-4-6-13/h9-10,13,15-17,25H,3-8H2,1-2H3,(H,24,29)/p+1/t15-,16+,17-,22-/m0/s1. The van der Waals surface area contributed by atoms with Crippen molar-refractivity contribution in [2.24, 2.45) is 11.8 Å². The number of anilines is 1. The second kappa shape index (κ2) is 7.24. The molecule has 1 aromatic rings. The molecule has 3 heterocycles. The number of nitrogens with one attached hydrogen (secondary N) is 1. The number of rotatable bonds is 4. The van der Waals surface area contributed by atoms with E-state index in [0.29, 0.717) is 5.02 Å². The summed E-state index contributed by atoms with van der Waals surface area (Å²) in [7, 11) is 0. The summed E-state index contributed by atoms with van der Waals surface area (Å²) in [4.78, 5) is 42.3. The lowest BCUT2D eigenvalue weighted by atomic mass is 9.76. The number of nitrogens with two attached hydrogens (primary N) is 1. The fourth-order valence-corrected chi connectivity index (χ4v) is 7.04. The van der Waals surface area contributed by atoms with Crippen LogP contribution in [0.2, 0.25) is 5.02 Å². The molecular weight excluding hydrogens is 422 g/mol. The van der Waals surface area contributed by atoms with Crippen molar-refractivity contribution in [1.82, 2.24) is 4.90 Å². The number of hydrogen-bond acceptors (Lipinski definition) is 4. The summed E-state index contributed by atoms with van der Waals surface area (Å²) < 4.78 is 0. The van der Waals surface area contributed by atoms with Gasteiger partial charge in [0.25, 0.3) is 5.91 Å². The number of quaternary nitrogens is 1. The Bertz CT molecular complexity index is 948. The van der Waals surface area contributed by atoms with Gasteiger partial charge in [-0.1, -0.05) is 24.4 Å². The molecule has 1 spiro atoms. The fourth-order valence-electron chi connectivity index (χ4n) is 6.26. The van der Waals surface area contributed by atoms with E-state index in [-0.39, 0.29) is 29.8 Å². The zero-order valence-electron chi connectivity index (χ0n) is 17.2. The molecule has 0 bridgehead atoms. The van der Waals surface area contributed by atoms with Crippen LogP contribution in [0.25, 0.3) is 0 Å². The minimum absolute atomic E-state index is 0.0149. The van der Waals surface area contributed by atoms with Gasteiger partial charge in [0.2, 0.25) is 17.4 Å². The quantitative estimate of drug-likeness (QED) is 0.690. The van der Waals surface area contributed by atoms with Crippen LogP contribution in [0.4, 0.5) is 5.69 Å². The molecule has 1 aromatic carbocycles. The first-order valence-electron chi connectivity index (χ1n) is 10.7. The number of imide groups is 1. The number of amides is 3. The number of aryl methyl sites for hydroxylation is 1. The molecule has 1 aliphatic carbocycles. The molecular formula is C22H27ClN3O3S+. The van der Waals surface area contributed by atoms with Crippen LogP contribution in [0.15, 0.2) is 12.1 Å². The number of benzene rings is 1. The molecule has 160 valence electrons. The van der Waals surface area contributed by atoms with Gasteiger partial charge in [0.1, 0.15) is 17.9 Å². The third-order valence-electron chi connectivity index (χ3n) is 7.52. The molecule has 6 nitrogen and oxygen atoms in total. The summed E-state index contributed by atoms with van der Waals surface area (Å²) in [6.45, 7) is 1.91. The lowest BCUT2D eigenvalue weighted by molar-refractivity contribution is -0.733. The summed E-state index contributed by atoms with van der Waals surface area (Å²) in [5.74, 6) is -0.678. The summed E-state index contributed by atoms with van der Waals surface area (Å²) >= 11 is 8.10. The third-order valence-corrected chi connectivity index (χ3v) is 8.38. The number of likely N-dealkylation sites (tertiary alicyclic amines) is 1. The summed E-state index contributed by atoms with van der Waals surface area (Å²) in [6.07, 6.45) is 6.65. The molecule has 3 aliphatic heterocycles. The van der Waals surface area contributed by atoms with Gasteiger partial charge in [0.15, 0.2) is 0 Å². The molecule has 0 unspecified atom stereocenters. The van der Waals surface area contributed by atoms with Crippen LogP contribution in [0.3, 0.4) is 0 Å². The highest BCUT2D eigenvalue weighted by atomic mass is 35.5. The normalized spacial score (nSPS) is 33.0. The topological polar surface area (TPSA) is 83.1 Å². The minimum atomic E-state index is -1.11. The SMILES string of the molecule is CSCC[C@@H]1[NH2+][C@]2(C(=O)Nc3c(C)cc(Cl)cc32)[C@@H]2C(=O)N(C3CCCC3)C(=O)[C@H]12. The molecule has 3 N–H and O–H groups in total. The summed E-state index contributed by atoms with van der Waals surface area (Å²) in [5, 5.41) is 5.58. The van der Waals surface area contributed by atoms with Gasteiger partial charge in [-0.2, -0.15) is 11.8 Å². The number of carbonyl (C=O) groups is 3. The molecule has 30 heavy (non-hydrogen) atoms. The maximum atomic E-state index is 13.8. The van der Waals surface area contributed by atoms with E-state index in [4.69, 9.17) is 11.6 Å². The van der Waals surface area contributed by atoms with E-state index in [1.165, 1.54) is 4.90 Å². The van der Waals surface area contributed by atoms with Crippen molar-refractivity contribution < 1.29 is 19.7 Å². The predicted octanol–water partition coefficient (Wildman–Crippen LogP) is 2.04. The molecule has 0 aromatic heterocycles. The van der Waals surface area contributed by atoms with Gasteiger partial charge >= 0.3 is 0 Å². The fraction of sp³-hybridized carbons (Fsp3) is 0.591. The molecule has 2 saturated heterocycles. The second-order valence-electron chi connectivity index (χ2n) is 9.07. The third kappa shape index (κ3) is 2.64. The Morgan fingerprint density at radius 2 is 1.97 bits per heavy atom. The summed E-state index contributed by atoms with van der Waals surface area (Å²) in [6, 6.07) is 3.52. The number of nitrogens with zero attached hydrogens (tertiary/aromatic N) is 1. The van der Waals surface area contributed by atoms with Crippen LogP contribution in [0.5, 0.6) is 0 Å². The highest BCUT2D eigenvalue weighted by molar-refractivity contribution is 7.98. The van der Waals surface area contributed by atoms with Crippen molar-refractivity contribution in [2.75, 3.05) is 17.3 Å². The zero-order chi connectivity index (χ0) is 21.2.